The smallest absolute Gasteiger partial charge is 0.296 e. The van der Waals surface area contributed by atoms with Crippen molar-refractivity contribution >= 4 is 22.8 Å². The minimum Gasteiger partial charge on any atom is -0.497 e. The lowest BCUT2D eigenvalue weighted by atomic mass is 10.1. The molecule has 0 aliphatic heterocycles. The van der Waals surface area contributed by atoms with Gasteiger partial charge in [-0.1, -0.05) is 18.2 Å². The molecule has 0 bridgehead atoms. The Bertz CT molecular complexity index is 750. The Morgan fingerprint density at radius 3 is 2.62 bits per heavy atom. The van der Waals surface area contributed by atoms with Gasteiger partial charge in [0, 0.05) is 0 Å². The van der Waals surface area contributed by atoms with E-state index in [1.165, 1.54) is 0 Å². The molecule has 0 fully saturated rings. The van der Waals surface area contributed by atoms with Gasteiger partial charge in [-0.05, 0) is 36.8 Å². The number of anilines is 2. The largest absolute Gasteiger partial charge is 0.497 e. The maximum Gasteiger partial charge on any atom is 0.296 e. The summed E-state index contributed by atoms with van der Waals surface area (Å²) in [5, 5.41) is 3.24. The molecule has 5 nitrogen and oxygen atoms in total. The fourth-order valence-electron chi connectivity index (χ4n) is 2.19. The van der Waals surface area contributed by atoms with Gasteiger partial charge in [0.15, 0.2) is 5.58 Å². The van der Waals surface area contributed by atoms with Crippen LogP contribution in [-0.2, 0) is 0 Å². The van der Waals surface area contributed by atoms with E-state index in [9.17, 15) is 0 Å². The van der Waals surface area contributed by atoms with Crippen LogP contribution in [-0.4, -0.2) is 12.1 Å². The summed E-state index contributed by atoms with van der Waals surface area (Å²) in [5.74, 6) is 0.834. The number of para-hydroxylation sites is 1. The van der Waals surface area contributed by atoms with Crippen LogP contribution in [0.4, 0.5) is 11.7 Å². The Morgan fingerprint density at radius 1 is 1.19 bits per heavy atom. The summed E-state index contributed by atoms with van der Waals surface area (Å²) in [7, 11) is 1.65. The monoisotopic (exact) mass is 283 g/mol. The Hall–Kier alpha value is -2.69. The van der Waals surface area contributed by atoms with Gasteiger partial charge in [-0.15, -0.1) is 0 Å². The predicted octanol–water partition coefficient (Wildman–Crippen LogP) is 3.59. The molecular weight excluding hydrogens is 266 g/mol. The highest BCUT2D eigenvalue weighted by Crippen LogP contribution is 2.26. The van der Waals surface area contributed by atoms with Crippen molar-refractivity contribution in [2.75, 3.05) is 18.2 Å². The second-order valence-corrected chi connectivity index (χ2v) is 4.85. The minimum atomic E-state index is 0.0604. The van der Waals surface area contributed by atoms with Gasteiger partial charge in [0.25, 0.3) is 6.01 Å². The van der Waals surface area contributed by atoms with E-state index in [0.717, 1.165) is 11.3 Å². The number of nitrogens with two attached hydrogens (primary N) is 1. The summed E-state index contributed by atoms with van der Waals surface area (Å²) in [6.07, 6.45) is 0. The molecule has 3 rings (SSSR count). The number of aromatic nitrogens is 1. The number of hydrogen-bond donors (Lipinski definition) is 2. The molecule has 2 aromatic carbocycles. The van der Waals surface area contributed by atoms with E-state index in [-0.39, 0.29) is 6.04 Å². The van der Waals surface area contributed by atoms with Gasteiger partial charge in [-0.3, -0.25) is 0 Å². The number of benzene rings is 2. The molecule has 5 heteroatoms. The van der Waals surface area contributed by atoms with Crippen molar-refractivity contribution in [3.63, 3.8) is 0 Å². The second-order valence-electron chi connectivity index (χ2n) is 4.85. The lowest BCUT2D eigenvalue weighted by molar-refractivity contribution is 0.414. The highest BCUT2D eigenvalue weighted by molar-refractivity contribution is 5.86. The van der Waals surface area contributed by atoms with Crippen LogP contribution >= 0.6 is 0 Å². The standard InChI is InChI=1S/C16H17N3O2/c1-10(11-6-8-12(20-2)9-7-11)18-16-19-15-13(17)4-3-5-14(15)21-16/h3-10H,17H2,1-2H3,(H,18,19). The molecule has 3 aromatic rings. The first-order chi connectivity index (χ1) is 10.2. The number of nitrogens with one attached hydrogen (secondary N) is 1. The highest BCUT2D eigenvalue weighted by atomic mass is 16.5. The number of ether oxygens (including phenoxy) is 1. The van der Waals surface area contributed by atoms with Crippen LogP contribution in [0, 0.1) is 0 Å². The summed E-state index contributed by atoms with van der Waals surface area (Å²) in [6.45, 7) is 2.04. The molecule has 0 saturated heterocycles. The summed E-state index contributed by atoms with van der Waals surface area (Å²) >= 11 is 0. The van der Waals surface area contributed by atoms with Gasteiger partial charge in [0.05, 0.1) is 18.8 Å². The van der Waals surface area contributed by atoms with Crippen molar-refractivity contribution in [3.05, 3.63) is 48.0 Å². The Morgan fingerprint density at radius 2 is 1.95 bits per heavy atom. The molecule has 1 aromatic heterocycles. The molecule has 21 heavy (non-hydrogen) atoms. The topological polar surface area (TPSA) is 73.3 Å². The predicted molar refractivity (Wildman–Crippen MR) is 83.5 cm³/mol. The number of nitrogens with zero attached hydrogens (tertiary/aromatic N) is 1. The van der Waals surface area contributed by atoms with E-state index in [1.807, 2.05) is 49.4 Å². The summed E-state index contributed by atoms with van der Waals surface area (Å²) < 4.78 is 10.8. The molecule has 0 amide bonds. The zero-order valence-corrected chi connectivity index (χ0v) is 12.0. The van der Waals surface area contributed by atoms with E-state index in [1.54, 1.807) is 7.11 Å². The number of rotatable bonds is 4. The van der Waals surface area contributed by atoms with Gasteiger partial charge in [0.1, 0.15) is 11.3 Å². The average molecular weight is 283 g/mol. The first kappa shape index (κ1) is 13.3. The van der Waals surface area contributed by atoms with Crippen molar-refractivity contribution < 1.29 is 9.15 Å². The molecular formula is C16H17N3O2. The molecule has 0 spiro atoms. The van der Waals surface area contributed by atoms with Crippen LogP contribution in [0.1, 0.15) is 18.5 Å². The first-order valence-electron chi connectivity index (χ1n) is 6.73. The summed E-state index contributed by atoms with van der Waals surface area (Å²) in [5.41, 5.74) is 8.97. The lowest BCUT2D eigenvalue weighted by Gasteiger charge is -2.12. The third-order valence-electron chi connectivity index (χ3n) is 3.41. The molecule has 0 saturated carbocycles. The van der Waals surface area contributed by atoms with Crippen LogP contribution in [0.15, 0.2) is 46.9 Å². The Kier molecular flexibility index (Phi) is 3.39. The van der Waals surface area contributed by atoms with Gasteiger partial charge >= 0.3 is 0 Å². The number of oxazole rings is 1. The zero-order valence-electron chi connectivity index (χ0n) is 12.0. The van der Waals surface area contributed by atoms with Crippen LogP contribution in [0.25, 0.3) is 11.1 Å². The quantitative estimate of drug-likeness (QED) is 0.716. The van der Waals surface area contributed by atoms with Gasteiger partial charge < -0.3 is 20.2 Å². The van der Waals surface area contributed by atoms with Gasteiger partial charge in [-0.2, -0.15) is 4.98 Å². The number of nitrogen functional groups attached to an aromatic ring is 1. The molecule has 0 radical (unpaired) electrons. The Balaban J connectivity index is 1.81. The zero-order chi connectivity index (χ0) is 14.8. The molecule has 0 aliphatic rings. The van der Waals surface area contributed by atoms with Crippen molar-refractivity contribution in [3.8, 4) is 5.75 Å². The SMILES string of the molecule is COc1ccc(C(C)Nc2nc3c(N)cccc3o2)cc1. The van der Waals surface area contributed by atoms with Crippen molar-refractivity contribution in [1.29, 1.82) is 0 Å². The lowest BCUT2D eigenvalue weighted by Crippen LogP contribution is -2.06. The summed E-state index contributed by atoms with van der Waals surface area (Å²) in [6, 6.07) is 13.9. The molecule has 1 atom stereocenters. The maximum atomic E-state index is 5.88. The van der Waals surface area contributed by atoms with Crippen molar-refractivity contribution in [2.24, 2.45) is 0 Å². The molecule has 1 heterocycles. The molecule has 1 unspecified atom stereocenters. The number of hydrogen-bond acceptors (Lipinski definition) is 5. The first-order valence-corrected chi connectivity index (χ1v) is 6.73. The highest BCUT2D eigenvalue weighted by Gasteiger charge is 2.12. The molecule has 3 N–H and O–H groups in total. The van der Waals surface area contributed by atoms with E-state index >= 15 is 0 Å². The number of methoxy groups -OCH3 is 1. The Labute approximate surface area is 122 Å². The number of fused-ring (bicyclic) bond motifs is 1. The van der Waals surface area contributed by atoms with Gasteiger partial charge in [-0.25, -0.2) is 0 Å². The third kappa shape index (κ3) is 2.63. The fourth-order valence-corrected chi connectivity index (χ4v) is 2.19. The van der Waals surface area contributed by atoms with Crippen molar-refractivity contribution in [2.45, 2.75) is 13.0 Å². The van der Waals surface area contributed by atoms with Crippen LogP contribution < -0.4 is 15.8 Å². The third-order valence-corrected chi connectivity index (χ3v) is 3.41. The van der Waals surface area contributed by atoms with E-state index in [4.69, 9.17) is 14.9 Å². The van der Waals surface area contributed by atoms with Crippen LogP contribution in [0.2, 0.25) is 0 Å². The van der Waals surface area contributed by atoms with Gasteiger partial charge in [0.2, 0.25) is 0 Å². The van der Waals surface area contributed by atoms with Crippen molar-refractivity contribution in [1.82, 2.24) is 4.98 Å². The van der Waals surface area contributed by atoms with E-state index in [0.29, 0.717) is 22.8 Å². The average Bonchev–Trinajstić information content (AvgIpc) is 2.91. The van der Waals surface area contributed by atoms with E-state index < -0.39 is 0 Å². The molecule has 0 aliphatic carbocycles. The van der Waals surface area contributed by atoms with Crippen LogP contribution in [0.5, 0.6) is 5.75 Å². The molecule has 108 valence electrons. The minimum absolute atomic E-state index is 0.0604. The normalized spacial score (nSPS) is 12.3. The van der Waals surface area contributed by atoms with Crippen LogP contribution in [0.3, 0.4) is 0 Å². The maximum absolute atomic E-state index is 5.88. The second kappa shape index (κ2) is 5.36. The fraction of sp³-hybridized carbons (Fsp3) is 0.188. The van der Waals surface area contributed by atoms with E-state index in [2.05, 4.69) is 10.3 Å². The summed E-state index contributed by atoms with van der Waals surface area (Å²) in [4.78, 5) is 4.38.